The first kappa shape index (κ1) is 16.4. The van der Waals surface area contributed by atoms with E-state index >= 15 is 0 Å². The number of hydrogen-bond acceptors (Lipinski definition) is 3. The summed E-state index contributed by atoms with van der Waals surface area (Å²) in [5, 5.41) is 0. The minimum Gasteiger partial charge on any atom is -0.377 e. The van der Waals surface area contributed by atoms with E-state index in [1.165, 1.54) is 0 Å². The van der Waals surface area contributed by atoms with E-state index in [1.54, 1.807) is 0 Å². The molecule has 1 heterocycles. The molecule has 0 aromatic rings. The molecule has 1 aliphatic rings. The van der Waals surface area contributed by atoms with Crippen LogP contribution in [0.2, 0.25) is 0 Å². The molecule has 1 fully saturated rings. The third kappa shape index (κ3) is 5.55. The number of nitrogens with one attached hydrogen (secondary N) is 1. The van der Waals surface area contributed by atoms with Crippen molar-refractivity contribution in [2.45, 2.75) is 50.5 Å². The van der Waals surface area contributed by atoms with Gasteiger partial charge in [0, 0.05) is 18.0 Å². The lowest BCUT2D eigenvalue weighted by atomic mass is 10.00. The molecule has 1 N–H and O–H groups in total. The van der Waals surface area contributed by atoms with E-state index in [2.05, 4.69) is 34.5 Å². The first-order valence-electron chi connectivity index (χ1n) is 6.71. The Bertz CT molecular complexity index is 324. The van der Waals surface area contributed by atoms with Crippen molar-refractivity contribution < 1.29 is 13.2 Å². The van der Waals surface area contributed by atoms with Crippen LogP contribution in [0.3, 0.4) is 0 Å². The highest BCUT2D eigenvalue weighted by atomic mass is 79.9. The Balaban J connectivity index is 2.36. The van der Waals surface area contributed by atoms with Crippen LogP contribution in [0.15, 0.2) is 0 Å². The fourth-order valence-corrected chi connectivity index (χ4v) is 4.68. The van der Waals surface area contributed by atoms with Crippen LogP contribution in [0.5, 0.6) is 0 Å². The highest BCUT2D eigenvalue weighted by molar-refractivity contribution is 9.09. The third-order valence-electron chi connectivity index (χ3n) is 3.49. The van der Waals surface area contributed by atoms with Gasteiger partial charge < -0.3 is 4.74 Å². The highest BCUT2D eigenvalue weighted by Crippen LogP contribution is 2.20. The second-order valence-corrected chi connectivity index (χ2v) is 7.89. The number of rotatable bonds is 8. The quantitative estimate of drug-likeness (QED) is 0.689. The lowest BCUT2D eigenvalue weighted by molar-refractivity contribution is 0.127. The molecule has 1 saturated heterocycles. The van der Waals surface area contributed by atoms with Gasteiger partial charge in [-0.1, -0.05) is 42.6 Å². The van der Waals surface area contributed by atoms with Gasteiger partial charge in [0.2, 0.25) is 10.0 Å². The number of sulfonamides is 1. The van der Waals surface area contributed by atoms with Crippen LogP contribution >= 0.6 is 15.9 Å². The summed E-state index contributed by atoms with van der Waals surface area (Å²) < 4.78 is 31.8. The van der Waals surface area contributed by atoms with Gasteiger partial charge in [0.05, 0.1) is 11.9 Å². The average molecular weight is 342 g/mol. The zero-order valence-electron chi connectivity index (χ0n) is 11.2. The Hall–Kier alpha value is 0.350. The predicted molar refractivity (Wildman–Crippen MR) is 77.6 cm³/mol. The van der Waals surface area contributed by atoms with Gasteiger partial charge in [-0.05, 0) is 18.8 Å². The third-order valence-corrected chi connectivity index (χ3v) is 5.98. The zero-order valence-corrected chi connectivity index (χ0v) is 13.6. The van der Waals surface area contributed by atoms with Gasteiger partial charge in [-0.25, -0.2) is 13.1 Å². The summed E-state index contributed by atoms with van der Waals surface area (Å²) in [6, 6.07) is 0. The standard InChI is InChI=1S/C12H24BrNO3S/c1-3-10(4-2)12(13)8-14-18(15,16)9-11-6-5-7-17-11/h10-12,14H,3-9H2,1-2H3. The summed E-state index contributed by atoms with van der Waals surface area (Å²) in [5.41, 5.74) is 0. The molecule has 0 amide bonds. The molecule has 0 radical (unpaired) electrons. The molecule has 18 heavy (non-hydrogen) atoms. The minimum absolute atomic E-state index is 0.0929. The number of hydrogen-bond donors (Lipinski definition) is 1. The minimum atomic E-state index is -3.22. The fourth-order valence-electron chi connectivity index (χ4n) is 2.25. The molecule has 0 saturated carbocycles. The molecule has 108 valence electrons. The molecule has 1 rings (SSSR count). The van der Waals surface area contributed by atoms with E-state index in [0.29, 0.717) is 19.1 Å². The number of halogens is 1. The van der Waals surface area contributed by atoms with Gasteiger partial charge in [0.15, 0.2) is 0 Å². The van der Waals surface area contributed by atoms with Crippen LogP contribution in [-0.2, 0) is 14.8 Å². The Morgan fingerprint density at radius 2 is 2.06 bits per heavy atom. The predicted octanol–water partition coefficient (Wildman–Crippen LogP) is 2.28. The summed E-state index contributed by atoms with van der Waals surface area (Å²) in [4.78, 5) is 0.201. The maximum Gasteiger partial charge on any atom is 0.214 e. The summed E-state index contributed by atoms with van der Waals surface area (Å²) in [7, 11) is -3.22. The van der Waals surface area contributed by atoms with Crippen molar-refractivity contribution in [3.8, 4) is 0 Å². The molecule has 4 nitrogen and oxygen atoms in total. The Morgan fingerprint density at radius 3 is 2.56 bits per heavy atom. The maximum absolute atomic E-state index is 11.9. The molecule has 0 bridgehead atoms. The monoisotopic (exact) mass is 341 g/mol. The lowest BCUT2D eigenvalue weighted by Crippen LogP contribution is -2.37. The Labute approximate surface area is 119 Å². The summed E-state index contributed by atoms with van der Waals surface area (Å²) in [5.74, 6) is 0.603. The normalized spacial score (nSPS) is 22.6. The summed E-state index contributed by atoms with van der Waals surface area (Å²) >= 11 is 3.57. The highest BCUT2D eigenvalue weighted by Gasteiger charge is 2.24. The number of ether oxygens (including phenoxy) is 1. The average Bonchev–Trinajstić information content (AvgIpc) is 2.80. The van der Waals surface area contributed by atoms with Crippen molar-refractivity contribution in [2.24, 2.45) is 5.92 Å². The van der Waals surface area contributed by atoms with Gasteiger partial charge >= 0.3 is 0 Å². The molecule has 0 aliphatic carbocycles. The number of alkyl halides is 1. The van der Waals surface area contributed by atoms with Crippen LogP contribution in [0.1, 0.15) is 39.5 Å². The van der Waals surface area contributed by atoms with Crippen LogP contribution < -0.4 is 4.72 Å². The SMILES string of the molecule is CCC(CC)C(Br)CNS(=O)(=O)CC1CCCO1. The molecule has 0 spiro atoms. The van der Waals surface area contributed by atoms with Crippen molar-refractivity contribution in [3.63, 3.8) is 0 Å². The Kier molecular flexibility index (Phi) is 7.13. The Morgan fingerprint density at radius 1 is 1.39 bits per heavy atom. The van der Waals surface area contributed by atoms with Crippen LogP contribution in [-0.4, -0.2) is 38.3 Å². The second kappa shape index (κ2) is 7.82. The van der Waals surface area contributed by atoms with Crippen LogP contribution in [0, 0.1) is 5.92 Å². The van der Waals surface area contributed by atoms with Gasteiger partial charge in [0.25, 0.3) is 0 Å². The van der Waals surface area contributed by atoms with Crippen LogP contribution in [0.25, 0.3) is 0 Å². The van der Waals surface area contributed by atoms with E-state index in [4.69, 9.17) is 4.74 Å². The first-order valence-corrected chi connectivity index (χ1v) is 9.28. The van der Waals surface area contributed by atoms with Crippen molar-refractivity contribution >= 4 is 26.0 Å². The van der Waals surface area contributed by atoms with Gasteiger partial charge in [-0.15, -0.1) is 0 Å². The molecular formula is C12H24BrNO3S. The molecule has 0 aromatic heterocycles. The topological polar surface area (TPSA) is 55.4 Å². The molecular weight excluding hydrogens is 318 g/mol. The van der Waals surface area contributed by atoms with E-state index in [1.807, 2.05) is 0 Å². The smallest absolute Gasteiger partial charge is 0.214 e. The maximum atomic E-state index is 11.9. The second-order valence-electron chi connectivity index (χ2n) is 4.86. The van der Waals surface area contributed by atoms with Crippen molar-refractivity contribution in [1.82, 2.24) is 4.72 Å². The van der Waals surface area contributed by atoms with E-state index in [0.717, 1.165) is 25.7 Å². The summed E-state index contributed by atoms with van der Waals surface area (Å²) in [6.45, 7) is 5.41. The van der Waals surface area contributed by atoms with Gasteiger partial charge in [-0.3, -0.25) is 0 Å². The van der Waals surface area contributed by atoms with Gasteiger partial charge in [-0.2, -0.15) is 0 Å². The van der Waals surface area contributed by atoms with Gasteiger partial charge in [0.1, 0.15) is 0 Å². The van der Waals surface area contributed by atoms with Crippen molar-refractivity contribution in [3.05, 3.63) is 0 Å². The van der Waals surface area contributed by atoms with E-state index < -0.39 is 10.0 Å². The van der Waals surface area contributed by atoms with Crippen LogP contribution in [0.4, 0.5) is 0 Å². The lowest BCUT2D eigenvalue weighted by Gasteiger charge is -2.20. The largest absolute Gasteiger partial charge is 0.377 e. The molecule has 2 atom stereocenters. The van der Waals surface area contributed by atoms with Crippen molar-refractivity contribution in [2.75, 3.05) is 18.9 Å². The fraction of sp³-hybridized carbons (Fsp3) is 1.00. The first-order chi connectivity index (χ1) is 8.48. The molecule has 6 heteroatoms. The van der Waals surface area contributed by atoms with E-state index in [-0.39, 0.29) is 16.7 Å². The molecule has 2 unspecified atom stereocenters. The van der Waals surface area contributed by atoms with E-state index in [9.17, 15) is 8.42 Å². The zero-order chi connectivity index (χ0) is 13.6. The molecule has 1 aliphatic heterocycles. The van der Waals surface area contributed by atoms with Crippen molar-refractivity contribution in [1.29, 1.82) is 0 Å². The molecule has 0 aromatic carbocycles. The summed E-state index contributed by atoms with van der Waals surface area (Å²) in [6.07, 6.45) is 3.81.